The molecule has 1 aromatic rings. The van der Waals surface area contributed by atoms with E-state index in [9.17, 15) is 21.9 Å². The topological polar surface area (TPSA) is 127 Å². The van der Waals surface area contributed by atoms with E-state index in [0.29, 0.717) is 0 Å². The van der Waals surface area contributed by atoms with Crippen molar-refractivity contribution in [3.63, 3.8) is 0 Å². The summed E-state index contributed by atoms with van der Waals surface area (Å²) in [6, 6.07) is 4.76. The number of sulfonamides is 2. The predicted octanol–water partition coefficient (Wildman–Crippen LogP) is -0.617. The molecule has 0 bridgehead atoms. The maximum absolute atomic E-state index is 12.0. The van der Waals surface area contributed by atoms with Gasteiger partial charge in [-0.15, -0.1) is 0 Å². The van der Waals surface area contributed by atoms with Crippen molar-refractivity contribution in [2.24, 2.45) is 11.1 Å². The van der Waals surface area contributed by atoms with Crippen molar-refractivity contribution in [2.45, 2.75) is 28.7 Å². The molecule has 0 amide bonds. The zero-order chi connectivity index (χ0) is 15.0. The Morgan fingerprint density at radius 3 is 2.40 bits per heavy atom. The summed E-state index contributed by atoms with van der Waals surface area (Å²) >= 11 is 0. The molecule has 0 aromatic heterocycles. The second-order valence-corrected chi connectivity index (χ2v) is 8.10. The van der Waals surface area contributed by atoms with Crippen molar-refractivity contribution in [1.82, 2.24) is 4.72 Å². The number of primary sulfonamides is 1. The number of rotatable bonds is 6. The van der Waals surface area contributed by atoms with E-state index < -0.39 is 26.2 Å². The van der Waals surface area contributed by atoms with Gasteiger partial charge in [0.2, 0.25) is 20.0 Å². The highest BCUT2D eigenvalue weighted by atomic mass is 32.2. The zero-order valence-corrected chi connectivity index (χ0v) is 12.2. The summed E-state index contributed by atoms with van der Waals surface area (Å²) in [5.41, 5.74) is 0. The molecule has 9 heteroatoms. The van der Waals surface area contributed by atoms with Crippen molar-refractivity contribution in [3.8, 4) is 0 Å². The SMILES string of the molecule is NS(=O)(=O)c1cccc(S(=O)(=O)NCC(O)C2CC2)c1. The molecule has 1 aliphatic carbocycles. The van der Waals surface area contributed by atoms with Crippen molar-refractivity contribution in [2.75, 3.05) is 6.54 Å². The van der Waals surface area contributed by atoms with Crippen LogP contribution in [0.25, 0.3) is 0 Å². The van der Waals surface area contributed by atoms with Gasteiger partial charge in [0.05, 0.1) is 15.9 Å². The average molecular weight is 320 g/mol. The van der Waals surface area contributed by atoms with Crippen molar-refractivity contribution >= 4 is 20.0 Å². The molecule has 1 fully saturated rings. The lowest BCUT2D eigenvalue weighted by atomic mass is 10.2. The fraction of sp³-hybridized carbons (Fsp3) is 0.455. The van der Waals surface area contributed by atoms with E-state index in [1.807, 2.05) is 0 Å². The summed E-state index contributed by atoms with van der Waals surface area (Å²) in [7, 11) is -7.84. The molecule has 1 aliphatic rings. The van der Waals surface area contributed by atoms with Crippen LogP contribution >= 0.6 is 0 Å². The zero-order valence-electron chi connectivity index (χ0n) is 10.6. The highest BCUT2D eigenvalue weighted by molar-refractivity contribution is 7.90. The lowest BCUT2D eigenvalue weighted by molar-refractivity contribution is 0.155. The van der Waals surface area contributed by atoms with Crippen LogP contribution in [-0.4, -0.2) is 34.6 Å². The number of nitrogens with one attached hydrogen (secondary N) is 1. The summed E-state index contributed by atoms with van der Waals surface area (Å²) in [6.07, 6.45) is 1.07. The first-order valence-corrected chi connectivity index (χ1v) is 9.04. The van der Waals surface area contributed by atoms with Crippen LogP contribution in [0.4, 0.5) is 0 Å². The molecule has 0 aliphatic heterocycles. The number of benzene rings is 1. The Balaban J connectivity index is 2.16. The van der Waals surface area contributed by atoms with Gasteiger partial charge in [-0.3, -0.25) is 0 Å². The summed E-state index contributed by atoms with van der Waals surface area (Å²) in [6.45, 7) is -0.0907. The van der Waals surface area contributed by atoms with Gasteiger partial charge in [0, 0.05) is 6.54 Å². The first-order valence-electron chi connectivity index (χ1n) is 6.01. The Bertz CT molecular complexity index is 695. The van der Waals surface area contributed by atoms with Gasteiger partial charge >= 0.3 is 0 Å². The van der Waals surface area contributed by atoms with E-state index in [4.69, 9.17) is 5.14 Å². The molecule has 0 radical (unpaired) electrons. The average Bonchev–Trinajstić information content (AvgIpc) is 3.19. The standard InChI is InChI=1S/C11H16N2O5S2/c12-19(15,16)9-2-1-3-10(6-9)20(17,18)13-7-11(14)8-4-5-8/h1-3,6,8,11,13-14H,4-5,7H2,(H2,12,15,16). The molecule has 20 heavy (non-hydrogen) atoms. The van der Waals surface area contributed by atoms with Gasteiger partial charge in [-0.25, -0.2) is 26.7 Å². The van der Waals surface area contributed by atoms with Crippen LogP contribution in [0.1, 0.15) is 12.8 Å². The molecular weight excluding hydrogens is 304 g/mol. The van der Waals surface area contributed by atoms with Gasteiger partial charge in [-0.1, -0.05) is 6.07 Å². The minimum atomic E-state index is -3.96. The number of aliphatic hydroxyl groups excluding tert-OH is 1. The van der Waals surface area contributed by atoms with Crippen molar-refractivity contribution in [3.05, 3.63) is 24.3 Å². The largest absolute Gasteiger partial charge is 0.391 e. The molecule has 2 rings (SSSR count). The predicted molar refractivity (Wildman–Crippen MR) is 71.7 cm³/mol. The third-order valence-corrected chi connectivity index (χ3v) is 5.43. The highest BCUT2D eigenvalue weighted by Gasteiger charge is 2.30. The Hall–Kier alpha value is -1.00. The van der Waals surface area contributed by atoms with Gasteiger partial charge < -0.3 is 5.11 Å². The minimum absolute atomic E-state index is 0.0907. The highest BCUT2D eigenvalue weighted by Crippen LogP contribution is 2.32. The fourth-order valence-electron chi connectivity index (χ4n) is 1.74. The molecule has 1 atom stereocenters. The summed E-state index contributed by atoms with van der Waals surface area (Å²) in [4.78, 5) is -0.477. The van der Waals surface area contributed by atoms with Gasteiger partial charge in [-0.2, -0.15) is 0 Å². The van der Waals surface area contributed by atoms with Gasteiger partial charge in [0.1, 0.15) is 0 Å². The lowest BCUT2D eigenvalue weighted by Crippen LogP contribution is -2.33. The second kappa shape index (κ2) is 5.41. The Kier molecular flexibility index (Phi) is 4.17. The normalized spacial score (nSPS) is 17.9. The molecule has 7 nitrogen and oxygen atoms in total. The second-order valence-electron chi connectivity index (χ2n) is 4.78. The molecular formula is C11H16N2O5S2. The monoisotopic (exact) mass is 320 g/mol. The first-order chi connectivity index (χ1) is 9.20. The quantitative estimate of drug-likeness (QED) is 0.644. The van der Waals surface area contributed by atoms with Crippen LogP contribution in [0.2, 0.25) is 0 Å². The summed E-state index contributed by atoms with van der Waals surface area (Å²) in [5.74, 6) is 0.147. The van der Waals surface area contributed by atoms with Crippen LogP contribution in [0.5, 0.6) is 0 Å². The Labute approximate surface area is 117 Å². The van der Waals surface area contributed by atoms with Gasteiger partial charge in [-0.05, 0) is 37.0 Å². The maximum Gasteiger partial charge on any atom is 0.240 e. The van der Waals surface area contributed by atoms with E-state index in [2.05, 4.69) is 4.72 Å². The first kappa shape index (κ1) is 15.4. The minimum Gasteiger partial charge on any atom is -0.391 e. The molecule has 1 saturated carbocycles. The van der Waals surface area contributed by atoms with Crippen LogP contribution in [0.3, 0.4) is 0 Å². The molecule has 0 heterocycles. The van der Waals surface area contributed by atoms with E-state index >= 15 is 0 Å². The summed E-state index contributed by atoms with van der Waals surface area (Å²) in [5, 5.41) is 14.6. The Morgan fingerprint density at radius 1 is 1.25 bits per heavy atom. The third-order valence-electron chi connectivity index (χ3n) is 3.09. The third kappa shape index (κ3) is 3.76. The van der Waals surface area contributed by atoms with Crippen LogP contribution in [0.15, 0.2) is 34.1 Å². The van der Waals surface area contributed by atoms with E-state index in [0.717, 1.165) is 18.9 Å². The van der Waals surface area contributed by atoms with Crippen LogP contribution in [0, 0.1) is 5.92 Å². The Morgan fingerprint density at radius 2 is 1.85 bits per heavy atom. The lowest BCUT2D eigenvalue weighted by Gasteiger charge is -2.11. The molecule has 112 valence electrons. The number of nitrogens with two attached hydrogens (primary N) is 1. The molecule has 0 spiro atoms. The molecule has 1 unspecified atom stereocenters. The molecule has 4 N–H and O–H groups in total. The van der Waals surface area contributed by atoms with E-state index in [1.54, 1.807) is 0 Å². The molecule has 1 aromatic carbocycles. The molecule has 0 saturated heterocycles. The maximum atomic E-state index is 12.0. The van der Waals surface area contributed by atoms with Crippen molar-refractivity contribution < 1.29 is 21.9 Å². The number of aliphatic hydroxyl groups is 1. The number of hydrogen-bond acceptors (Lipinski definition) is 5. The van der Waals surface area contributed by atoms with Gasteiger partial charge in [0.15, 0.2) is 0 Å². The van der Waals surface area contributed by atoms with E-state index in [1.165, 1.54) is 18.2 Å². The van der Waals surface area contributed by atoms with Crippen LogP contribution in [-0.2, 0) is 20.0 Å². The smallest absolute Gasteiger partial charge is 0.240 e. The number of hydrogen-bond donors (Lipinski definition) is 3. The fourth-order valence-corrected chi connectivity index (χ4v) is 3.48. The van der Waals surface area contributed by atoms with Gasteiger partial charge in [0.25, 0.3) is 0 Å². The summed E-state index contributed by atoms with van der Waals surface area (Å²) < 4.78 is 48.7. The van der Waals surface area contributed by atoms with Crippen molar-refractivity contribution in [1.29, 1.82) is 0 Å². The van der Waals surface area contributed by atoms with E-state index in [-0.39, 0.29) is 22.3 Å². The van der Waals surface area contributed by atoms with Crippen LogP contribution < -0.4 is 9.86 Å².